The summed E-state index contributed by atoms with van der Waals surface area (Å²) in [7, 11) is 0. The second kappa shape index (κ2) is 5.35. The van der Waals surface area contributed by atoms with Gasteiger partial charge in [-0.25, -0.2) is 9.97 Å². The van der Waals surface area contributed by atoms with Crippen LogP contribution in [0.5, 0.6) is 0 Å². The number of nitrogens with one attached hydrogen (secondary N) is 1. The minimum Gasteiger partial charge on any atom is -0.383 e. The summed E-state index contributed by atoms with van der Waals surface area (Å²) in [6, 6.07) is 4.26. The molecule has 2 aromatic rings. The third-order valence-electron chi connectivity index (χ3n) is 2.77. The van der Waals surface area contributed by atoms with Gasteiger partial charge in [0.15, 0.2) is 0 Å². The van der Waals surface area contributed by atoms with Gasteiger partial charge in [0.2, 0.25) is 0 Å². The topological polar surface area (TPSA) is 63.8 Å². The fourth-order valence-corrected chi connectivity index (χ4v) is 2.49. The Morgan fingerprint density at radius 3 is 2.67 bits per heavy atom. The highest BCUT2D eigenvalue weighted by Gasteiger charge is 2.07. The molecule has 0 saturated carbocycles. The van der Waals surface area contributed by atoms with E-state index < -0.39 is 0 Å². The van der Waals surface area contributed by atoms with Crippen LogP contribution in [0.1, 0.15) is 28.1 Å². The normalized spacial score (nSPS) is 10.6. The Hall–Kier alpha value is -1.62. The SMILES string of the molecule is CCc1nc(N)c(C)c(NCc2ccc(C)s2)n1. The predicted molar refractivity (Wildman–Crippen MR) is 76.9 cm³/mol. The Morgan fingerprint density at radius 2 is 2.06 bits per heavy atom. The third-order valence-corrected chi connectivity index (χ3v) is 3.77. The number of nitrogens with zero attached hydrogens (tertiary/aromatic N) is 2. The lowest BCUT2D eigenvalue weighted by Gasteiger charge is -2.10. The summed E-state index contributed by atoms with van der Waals surface area (Å²) in [4.78, 5) is 11.3. The van der Waals surface area contributed by atoms with Crippen molar-refractivity contribution in [1.29, 1.82) is 0 Å². The quantitative estimate of drug-likeness (QED) is 0.889. The number of nitrogen functional groups attached to an aromatic ring is 1. The summed E-state index contributed by atoms with van der Waals surface area (Å²) >= 11 is 1.79. The molecule has 0 bridgehead atoms. The molecule has 3 N–H and O–H groups in total. The molecule has 18 heavy (non-hydrogen) atoms. The van der Waals surface area contributed by atoms with Crippen molar-refractivity contribution in [2.24, 2.45) is 0 Å². The Morgan fingerprint density at radius 1 is 1.28 bits per heavy atom. The zero-order valence-electron chi connectivity index (χ0n) is 10.9. The second-order valence-electron chi connectivity index (χ2n) is 4.22. The van der Waals surface area contributed by atoms with Gasteiger partial charge >= 0.3 is 0 Å². The predicted octanol–water partition coefficient (Wildman–Crippen LogP) is 2.91. The minimum atomic E-state index is 0.562. The average Bonchev–Trinajstić information content (AvgIpc) is 2.77. The van der Waals surface area contributed by atoms with Crippen LogP contribution in [0, 0.1) is 13.8 Å². The van der Waals surface area contributed by atoms with Crippen molar-refractivity contribution in [2.75, 3.05) is 11.1 Å². The van der Waals surface area contributed by atoms with Crippen LogP contribution in [0.2, 0.25) is 0 Å². The maximum atomic E-state index is 5.88. The molecule has 0 fully saturated rings. The van der Waals surface area contributed by atoms with Gasteiger partial charge in [0.25, 0.3) is 0 Å². The Kier molecular flexibility index (Phi) is 3.81. The first-order valence-corrected chi connectivity index (χ1v) is 6.84. The van der Waals surface area contributed by atoms with E-state index in [2.05, 4.69) is 34.3 Å². The smallest absolute Gasteiger partial charge is 0.135 e. The molecule has 5 heteroatoms. The van der Waals surface area contributed by atoms with E-state index in [4.69, 9.17) is 5.73 Å². The van der Waals surface area contributed by atoms with E-state index in [1.807, 2.05) is 13.8 Å². The molecule has 2 heterocycles. The van der Waals surface area contributed by atoms with Gasteiger partial charge in [0.05, 0.1) is 6.54 Å². The lowest BCUT2D eigenvalue weighted by atomic mass is 10.3. The molecule has 0 spiro atoms. The van der Waals surface area contributed by atoms with E-state index >= 15 is 0 Å². The zero-order chi connectivity index (χ0) is 13.1. The van der Waals surface area contributed by atoms with Gasteiger partial charge < -0.3 is 11.1 Å². The first-order valence-electron chi connectivity index (χ1n) is 6.02. The highest BCUT2D eigenvalue weighted by atomic mass is 32.1. The van der Waals surface area contributed by atoms with Crippen molar-refractivity contribution in [2.45, 2.75) is 33.7 Å². The molecule has 0 amide bonds. The number of anilines is 2. The molecule has 96 valence electrons. The lowest BCUT2D eigenvalue weighted by molar-refractivity contribution is 0.930. The van der Waals surface area contributed by atoms with Gasteiger partial charge in [-0.1, -0.05) is 6.92 Å². The maximum absolute atomic E-state index is 5.88. The van der Waals surface area contributed by atoms with Crippen LogP contribution < -0.4 is 11.1 Å². The van der Waals surface area contributed by atoms with Crippen LogP contribution in [0.15, 0.2) is 12.1 Å². The van der Waals surface area contributed by atoms with Gasteiger partial charge in [-0.15, -0.1) is 11.3 Å². The fourth-order valence-electron chi connectivity index (χ4n) is 1.66. The Bertz CT molecular complexity index is 548. The average molecular weight is 262 g/mol. The van der Waals surface area contributed by atoms with E-state index in [1.165, 1.54) is 9.75 Å². The lowest BCUT2D eigenvalue weighted by Crippen LogP contribution is -2.08. The van der Waals surface area contributed by atoms with Gasteiger partial charge in [-0.05, 0) is 26.0 Å². The van der Waals surface area contributed by atoms with E-state index in [-0.39, 0.29) is 0 Å². The summed E-state index contributed by atoms with van der Waals surface area (Å²) in [5, 5.41) is 3.34. The molecule has 2 aromatic heterocycles. The van der Waals surface area contributed by atoms with Gasteiger partial charge in [-0.3, -0.25) is 0 Å². The first-order chi connectivity index (χ1) is 8.60. The van der Waals surface area contributed by atoms with Gasteiger partial charge in [0.1, 0.15) is 17.5 Å². The molecule has 0 aromatic carbocycles. The number of aromatic nitrogens is 2. The number of thiophene rings is 1. The Balaban J connectivity index is 2.15. The first kappa shape index (κ1) is 12.8. The summed E-state index contributed by atoms with van der Waals surface area (Å²) < 4.78 is 0. The monoisotopic (exact) mass is 262 g/mol. The van der Waals surface area contributed by atoms with Crippen molar-refractivity contribution in [3.05, 3.63) is 33.3 Å². The van der Waals surface area contributed by atoms with Gasteiger partial charge in [0, 0.05) is 21.7 Å². The largest absolute Gasteiger partial charge is 0.383 e. The molecule has 0 aliphatic carbocycles. The van der Waals surface area contributed by atoms with Crippen LogP contribution >= 0.6 is 11.3 Å². The number of nitrogens with two attached hydrogens (primary N) is 1. The highest BCUT2D eigenvalue weighted by Crippen LogP contribution is 2.20. The summed E-state index contributed by atoms with van der Waals surface area (Å²) in [5.41, 5.74) is 6.80. The van der Waals surface area contributed by atoms with Crippen LogP contribution in [0.25, 0.3) is 0 Å². The zero-order valence-corrected chi connectivity index (χ0v) is 11.8. The van der Waals surface area contributed by atoms with E-state index in [9.17, 15) is 0 Å². The second-order valence-corrected chi connectivity index (χ2v) is 5.59. The number of aryl methyl sites for hydroxylation is 2. The molecule has 2 rings (SSSR count). The van der Waals surface area contributed by atoms with Crippen molar-refractivity contribution in [3.63, 3.8) is 0 Å². The molecular formula is C13H18N4S. The standard InChI is InChI=1S/C13H18N4S/c1-4-11-16-12(14)9(3)13(17-11)15-7-10-6-5-8(2)18-10/h5-6H,4,7H2,1-3H3,(H3,14,15,16,17). The van der Waals surface area contributed by atoms with Crippen molar-refractivity contribution in [3.8, 4) is 0 Å². The highest BCUT2D eigenvalue weighted by molar-refractivity contribution is 7.11. The molecule has 0 radical (unpaired) electrons. The molecule has 0 aliphatic heterocycles. The fraction of sp³-hybridized carbons (Fsp3) is 0.385. The number of rotatable bonds is 4. The molecule has 0 atom stereocenters. The summed E-state index contributed by atoms with van der Waals surface area (Å²) in [6.45, 7) is 6.85. The maximum Gasteiger partial charge on any atom is 0.135 e. The van der Waals surface area contributed by atoms with Crippen LogP contribution in [0.3, 0.4) is 0 Å². The van der Waals surface area contributed by atoms with E-state index in [0.29, 0.717) is 5.82 Å². The van der Waals surface area contributed by atoms with Crippen LogP contribution in [-0.2, 0) is 13.0 Å². The van der Waals surface area contributed by atoms with E-state index in [0.717, 1.165) is 30.2 Å². The molecule has 0 aliphatic rings. The number of hydrogen-bond acceptors (Lipinski definition) is 5. The van der Waals surface area contributed by atoms with Crippen molar-refractivity contribution in [1.82, 2.24) is 9.97 Å². The van der Waals surface area contributed by atoms with Gasteiger partial charge in [-0.2, -0.15) is 0 Å². The number of hydrogen-bond donors (Lipinski definition) is 2. The minimum absolute atomic E-state index is 0.562. The van der Waals surface area contributed by atoms with E-state index in [1.54, 1.807) is 11.3 Å². The molecular weight excluding hydrogens is 244 g/mol. The molecule has 0 saturated heterocycles. The molecule has 4 nitrogen and oxygen atoms in total. The van der Waals surface area contributed by atoms with Crippen molar-refractivity contribution >= 4 is 23.0 Å². The Labute approximate surface area is 111 Å². The van der Waals surface area contributed by atoms with Crippen LogP contribution in [-0.4, -0.2) is 9.97 Å². The summed E-state index contributed by atoms with van der Waals surface area (Å²) in [6.07, 6.45) is 0.789. The van der Waals surface area contributed by atoms with Crippen molar-refractivity contribution < 1.29 is 0 Å². The van der Waals surface area contributed by atoms with Crippen LogP contribution in [0.4, 0.5) is 11.6 Å². The summed E-state index contributed by atoms with van der Waals surface area (Å²) in [5.74, 6) is 2.18. The molecule has 0 unspecified atom stereocenters. The third kappa shape index (κ3) is 2.79.